The van der Waals surface area contributed by atoms with E-state index in [0.29, 0.717) is 16.0 Å². The highest BCUT2D eigenvalue weighted by atomic mass is 127. The molecule has 100 valence electrons. The van der Waals surface area contributed by atoms with Crippen molar-refractivity contribution in [2.75, 3.05) is 0 Å². The lowest BCUT2D eigenvalue weighted by atomic mass is 10.3. The Labute approximate surface area is 137 Å². The van der Waals surface area contributed by atoms with Gasteiger partial charge in [0.2, 0.25) is 0 Å². The molecule has 0 aliphatic heterocycles. The van der Waals surface area contributed by atoms with Crippen molar-refractivity contribution in [3.05, 3.63) is 50.5 Å². The first-order chi connectivity index (χ1) is 8.86. The van der Waals surface area contributed by atoms with Gasteiger partial charge in [-0.1, -0.05) is 0 Å². The van der Waals surface area contributed by atoms with Gasteiger partial charge in [0.25, 0.3) is 9.05 Å². The number of hydrogen-bond acceptors (Lipinski definition) is 3. The molecule has 19 heavy (non-hydrogen) atoms. The molecular formula is C12H7BrClIO3S. The topological polar surface area (TPSA) is 43.4 Å². The van der Waals surface area contributed by atoms with Crippen LogP contribution < -0.4 is 4.74 Å². The number of halogens is 3. The van der Waals surface area contributed by atoms with Crippen molar-refractivity contribution in [1.82, 2.24) is 0 Å². The largest absolute Gasteiger partial charge is 0.456 e. The molecule has 0 N–H and O–H groups in total. The summed E-state index contributed by atoms with van der Waals surface area (Å²) >= 11 is 5.46. The van der Waals surface area contributed by atoms with Crippen LogP contribution in [-0.2, 0) is 9.05 Å². The van der Waals surface area contributed by atoms with Gasteiger partial charge in [0, 0.05) is 14.3 Å². The third kappa shape index (κ3) is 4.08. The molecule has 7 heteroatoms. The summed E-state index contributed by atoms with van der Waals surface area (Å²) in [5, 5.41) is 0. The van der Waals surface area contributed by atoms with Crippen LogP contribution in [0.4, 0.5) is 0 Å². The van der Waals surface area contributed by atoms with E-state index in [0.717, 1.165) is 3.57 Å². The molecule has 0 fully saturated rings. The second-order valence-corrected chi connectivity index (χ2v) is 8.25. The van der Waals surface area contributed by atoms with Gasteiger partial charge < -0.3 is 4.74 Å². The molecule has 0 saturated carbocycles. The predicted molar refractivity (Wildman–Crippen MR) is 86.4 cm³/mol. The van der Waals surface area contributed by atoms with Crippen LogP contribution in [0, 0.1) is 3.57 Å². The van der Waals surface area contributed by atoms with Gasteiger partial charge in [-0.05, 0) is 81.0 Å². The third-order valence-electron chi connectivity index (χ3n) is 2.23. The summed E-state index contributed by atoms with van der Waals surface area (Å²) in [4.78, 5) is 0.0241. The predicted octanol–water partition coefficient (Wildman–Crippen LogP) is 4.77. The summed E-state index contributed by atoms with van der Waals surface area (Å²) in [7, 11) is 1.54. The fraction of sp³-hybridized carbons (Fsp3) is 0. The van der Waals surface area contributed by atoms with Gasteiger partial charge in [0.1, 0.15) is 11.5 Å². The van der Waals surface area contributed by atoms with Crippen LogP contribution in [0.3, 0.4) is 0 Å². The lowest BCUT2D eigenvalue weighted by Gasteiger charge is -2.08. The maximum atomic E-state index is 11.2. The zero-order chi connectivity index (χ0) is 14.0. The van der Waals surface area contributed by atoms with Crippen LogP contribution in [0.15, 0.2) is 51.8 Å². The van der Waals surface area contributed by atoms with Crippen molar-refractivity contribution >= 4 is 58.3 Å². The van der Waals surface area contributed by atoms with Crippen molar-refractivity contribution in [1.29, 1.82) is 0 Å². The highest BCUT2D eigenvalue weighted by Crippen LogP contribution is 2.32. The molecule has 2 aromatic rings. The summed E-state index contributed by atoms with van der Waals surface area (Å²) < 4.78 is 29.7. The molecule has 0 amide bonds. The summed E-state index contributed by atoms with van der Waals surface area (Å²) in [5.41, 5.74) is 0. The normalized spacial score (nSPS) is 11.3. The highest BCUT2D eigenvalue weighted by molar-refractivity contribution is 14.1. The Balaban J connectivity index is 2.29. The first kappa shape index (κ1) is 15.1. The van der Waals surface area contributed by atoms with Gasteiger partial charge in [-0.25, -0.2) is 8.42 Å². The Morgan fingerprint density at radius 3 is 2.26 bits per heavy atom. The average molecular weight is 474 g/mol. The molecule has 2 rings (SSSR count). The van der Waals surface area contributed by atoms with Crippen LogP contribution in [0.1, 0.15) is 0 Å². The van der Waals surface area contributed by atoms with E-state index >= 15 is 0 Å². The SMILES string of the molecule is O=S(=O)(Cl)c1ccc(Oc2ccc(I)cc2)c(Br)c1. The minimum Gasteiger partial charge on any atom is -0.456 e. The fourth-order valence-corrected chi connectivity index (χ4v) is 3.09. The van der Waals surface area contributed by atoms with Gasteiger partial charge in [0.05, 0.1) is 9.37 Å². The first-order valence-corrected chi connectivity index (χ1v) is 9.22. The summed E-state index contributed by atoms with van der Waals surface area (Å²) in [6.07, 6.45) is 0. The minimum atomic E-state index is -3.73. The molecule has 0 aliphatic carbocycles. The second-order valence-electron chi connectivity index (χ2n) is 3.59. The second kappa shape index (κ2) is 5.99. The molecule has 0 aliphatic rings. The van der Waals surface area contributed by atoms with E-state index in [1.807, 2.05) is 24.3 Å². The number of benzene rings is 2. The summed E-state index contributed by atoms with van der Waals surface area (Å²) in [5.74, 6) is 1.19. The zero-order valence-corrected chi connectivity index (χ0v) is 14.6. The maximum Gasteiger partial charge on any atom is 0.261 e. The Bertz CT molecular complexity index is 701. The van der Waals surface area contributed by atoms with Crippen molar-refractivity contribution in [3.8, 4) is 11.5 Å². The van der Waals surface area contributed by atoms with E-state index in [1.54, 1.807) is 6.07 Å². The molecule has 0 heterocycles. The molecule has 0 bridgehead atoms. The van der Waals surface area contributed by atoms with Gasteiger partial charge in [-0.3, -0.25) is 0 Å². The molecule has 0 unspecified atom stereocenters. The third-order valence-corrected chi connectivity index (χ3v) is 4.92. The molecule has 0 aromatic heterocycles. The van der Waals surface area contributed by atoms with Gasteiger partial charge in [0.15, 0.2) is 0 Å². The molecular weight excluding hydrogens is 466 g/mol. The Morgan fingerprint density at radius 2 is 1.74 bits per heavy atom. The number of ether oxygens (including phenoxy) is 1. The van der Waals surface area contributed by atoms with E-state index in [1.165, 1.54) is 12.1 Å². The zero-order valence-electron chi connectivity index (χ0n) is 9.31. The average Bonchev–Trinajstić information content (AvgIpc) is 2.33. The molecule has 0 spiro atoms. The number of hydrogen-bond donors (Lipinski definition) is 0. The molecule has 0 saturated heterocycles. The van der Waals surface area contributed by atoms with Crippen molar-refractivity contribution < 1.29 is 13.2 Å². The lowest BCUT2D eigenvalue weighted by Crippen LogP contribution is -1.92. The van der Waals surface area contributed by atoms with Crippen LogP contribution in [-0.4, -0.2) is 8.42 Å². The monoisotopic (exact) mass is 472 g/mol. The Morgan fingerprint density at radius 1 is 1.11 bits per heavy atom. The molecule has 0 radical (unpaired) electrons. The van der Waals surface area contributed by atoms with Crippen molar-refractivity contribution in [2.45, 2.75) is 4.90 Å². The van der Waals surface area contributed by atoms with E-state index in [-0.39, 0.29) is 4.90 Å². The quantitative estimate of drug-likeness (QED) is 0.476. The fourth-order valence-electron chi connectivity index (χ4n) is 1.35. The molecule has 2 aromatic carbocycles. The lowest BCUT2D eigenvalue weighted by molar-refractivity contribution is 0.479. The van der Waals surface area contributed by atoms with E-state index in [4.69, 9.17) is 15.4 Å². The van der Waals surface area contributed by atoms with Gasteiger partial charge in [-0.15, -0.1) is 0 Å². The molecule has 0 atom stereocenters. The maximum absolute atomic E-state index is 11.2. The van der Waals surface area contributed by atoms with E-state index < -0.39 is 9.05 Å². The highest BCUT2D eigenvalue weighted by Gasteiger charge is 2.13. The van der Waals surface area contributed by atoms with Gasteiger partial charge in [-0.2, -0.15) is 0 Å². The minimum absolute atomic E-state index is 0.0241. The van der Waals surface area contributed by atoms with Crippen molar-refractivity contribution in [3.63, 3.8) is 0 Å². The summed E-state index contributed by atoms with van der Waals surface area (Å²) in [6.45, 7) is 0. The Hall–Kier alpha value is -0.310. The Kier molecular flexibility index (Phi) is 4.75. The first-order valence-electron chi connectivity index (χ1n) is 5.04. The van der Waals surface area contributed by atoms with Crippen molar-refractivity contribution in [2.24, 2.45) is 0 Å². The van der Waals surface area contributed by atoms with E-state index in [2.05, 4.69) is 38.5 Å². The molecule has 3 nitrogen and oxygen atoms in total. The van der Waals surface area contributed by atoms with Crippen LogP contribution in [0.5, 0.6) is 11.5 Å². The van der Waals surface area contributed by atoms with Crippen LogP contribution >= 0.6 is 49.2 Å². The van der Waals surface area contributed by atoms with Crippen LogP contribution in [0.2, 0.25) is 0 Å². The standard InChI is InChI=1S/C12H7BrClIO3S/c13-11-7-10(19(14,16)17)5-6-12(11)18-9-3-1-8(15)2-4-9/h1-7H. The summed E-state index contributed by atoms with van der Waals surface area (Å²) in [6, 6.07) is 11.9. The smallest absolute Gasteiger partial charge is 0.261 e. The van der Waals surface area contributed by atoms with Crippen LogP contribution in [0.25, 0.3) is 0 Å². The van der Waals surface area contributed by atoms with Gasteiger partial charge >= 0.3 is 0 Å². The number of rotatable bonds is 3. The van der Waals surface area contributed by atoms with E-state index in [9.17, 15) is 8.42 Å².